The van der Waals surface area contributed by atoms with Crippen LogP contribution in [0.15, 0.2) is 17.0 Å². The van der Waals surface area contributed by atoms with E-state index in [1.165, 1.54) is 0 Å². The van der Waals surface area contributed by atoms with Crippen molar-refractivity contribution in [2.24, 2.45) is 0 Å². The number of aromatic nitrogens is 2. The minimum absolute atomic E-state index is 0.351. The molecule has 0 saturated carbocycles. The Hall–Kier alpha value is -1.29. The molecule has 0 aliphatic carbocycles. The summed E-state index contributed by atoms with van der Waals surface area (Å²) in [5.41, 5.74) is -2.17. The van der Waals surface area contributed by atoms with Gasteiger partial charge < -0.3 is 25.4 Å². The summed E-state index contributed by atoms with van der Waals surface area (Å²) in [6.45, 7) is -4.17. The Balaban J connectivity index is 2.90. The summed E-state index contributed by atoms with van der Waals surface area (Å²) in [5, 5.41) is 3.84. The number of anilines is 1. The summed E-state index contributed by atoms with van der Waals surface area (Å²) in [5.74, 6) is -1.04. The normalized spacial score (nSPS) is 49.5. The van der Waals surface area contributed by atoms with Crippen LogP contribution in [0.2, 0.25) is 2.82 Å². The van der Waals surface area contributed by atoms with Gasteiger partial charge in [0.1, 0.15) is 18.1 Å². The van der Waals surface area contributed by atoms with Gasteiger partial charge in [-0.15, -0.1) is 0 Å². The zero-order valence-electron chi connectivity index (χ0n) is 21.2. The predicted molar refractivity (Wildman–Crippen MR) is 65.4 cm³/mol. The molecule has 3 atom stereocenters. The maximum atomic E-state index is 12.4. The summed E-state index contributed by atoms with van der Waals surface area (Å²) in [6.07, 6.45) is -17.4. The molecule has 0 amide bonds. The predicted octanol–water partition coefficient (Wildman–Crippen LogP) is -1.42. The second kappa shape index (κ2) is 5.60. The van der Waals surface area contributed by atoms with Gasteiger partial charge in [0.05, 0.1) is 22.2 Å². The van der Waals surface area contributed by atoms with Crippen molar-refractivity contribution in [1.82, 2.24) is 9.55 Å². The number of phosphoric ester groups is 1. The number of rotatable bonds is 6. The number of hydrogen-bond donors (Lipinski definition) is 4. The van der Waals surface area contributed by atoms with Crippen LogP contribution in [0.4, 0.5) is 5.82 Å². The van der Waals surface area contributed by atoms with Crippen molar-refractivity contribution in [3.63, 3.8) is 0 Å². The van der Waals surface area contributed by atoms with E-state index in [0.717, 1.165) is 0 Å². The van der Waals surface area contributed by atoms with Crippen molar-refractivity contribution in [3.05, 3.63) is 22.7 Å². The second-order valence-electron chi connectivity index (χ2n) is 3.16. The minimum atomic E-state index is -5.80. The van der Waals surface area contributed by atoms with Crippen LogP contribution < -0.4 is 11.4 Å². The molecule has 2 heterocycles. The SMILES string of the molecule is [2H]O[C@@]1([2H])C([2H])([2H])[C@]([2H])(n2c([2H])c([2H])c(N([2H])[2H])nc2=O)O[C@]1([2H])C([2H])([2H])OP(=O)(O)O. The van der Waals surface area contributed by atoms with Crippen LogP contribution in [-0.2, 0) is 13.8 Å². The molecule has 0 spiro atoms. The Labute approximate surface area is 130 Å². The van der Waals surface area contributed by atoms with Crippen LogP contribution in [0, 0.1) is 0 Å². The first-order chi connectivity index (χ1) is 14.1. The second-order valence-corrected chi connectivity index (χ2v) is 4.33. The average molecular weight is 319 g/mol. The summed E-state index contributed by atoms with van der Waals surface area (Å²) >= 11 is 0. The van der Waals surface area contributed by atoms with E-state index in [1.807, 2.05) is 0 Å². The molecule has 1 saturated heterocycles. The summed E-state index contributed by atoms with van der Waals surface area (Å²) in [4.78, 5) is 33.3. The van der Waals surface area contributed by atoms with Gasteiger partial charge in [0.15, 0.2) is 2.82 Å². The molecule has 1 aliphatic heterocycles. The smallest absolute Gasteiger partial charge is 0.390 e. The first-order valence-electron chi connectivity index (χ1n) is 10.4. The summed E-state index contributed by atoms with van der Waals surface area (Å²) in [6, 6.07) is -1.19. The number of ether oxygens (including phenoxy) is 1. The molecule has 0 aromatic carbocycles. The Morgan fingerprint density at radius 3 is 3.40 bits per heavy atom. The van der Waals surface area contributed by atoms with Gasteiger partial charge in [-0.25, -0.2) is 9.36 Å². The highest BCUT2D eigenvalue weighted by molar-refractivity contribution is 7.46. The molecule has 1 fully saturated rings. The monoisotopic (exact) mass is 319 g/mol. The van der Waals surface area contributed by atoms with E-state index in [9.17, 15) is 9.36 Å². The third-order valence-corrected chi connectivity index (χ3v) is 2.09. The number of hydrogen-bond acceptors (Lipinski definition) is 7. The number of nitrogens with zero attached hydrogens (tertiary/aromatic N) is 2. The van der Waals surface area contributed by atoms with Gasteiger partial charge in [0.2, 0.25) is 1.43 Å². The van der Waals surface area contributed by atoms with Crippen molar-refractivity contribution < 1.29 is 43.9 Å². The number of nitrogens with two attached hydrogens (primary N) is 1. The Bertz CT molecular complexity index is 1040. The van der Waals surface area contributed by atoms with E-state index >= 15 is 0 Å². The first-order valence-corrected chi connectivity index (χ1v) is 6.16. The first kappa shape index (κ1) is 5.84. The van der Waals surface area contributed by atoms with Crippen molar-refractivity contribution in [2.75, 3.05) is 12.3 Å². The summed E-state index contributed by atoms with van der Waals surface area (Å²) < 4.78 is 112. The lowest BCUT2D eigenvalue weighted by molar-refractivity contribution is -0.0450. The Morgan fingerprint density at radius 1 is 1.95 bits per heavy atom. The molecule has 1 aromatic rings. The molecule has 10 nitrogen and oxygen atoms in total. The van der Waals surface area contributed by atoms with Gasteiger partial charge in [-0.3, -0.25) is 9.09 Å². The summed E-state index contributed by atoms with van der Waals surface area (Å²) in [7, 11) is -5.80. The van der Waals surface area contributed by atoms with E-state index in [1.54, 1.807) is 0 Å². The van der Waals surface area contributed by atoms with E-state index in [0.29, 0.717) is 0 Å². The third kappa shape index (κ3) is 3.63. The largest absolute Gasteiger partial charge is 0.469 e. The van der Waals surface area contributed by atoms with Crippen molar-refractivity contribution in [1.29, 1.82) is 1.43 Å². The third-order valence-electron chi connectivity index (χ3n) is 1.76. The van der Waals surface area contributed by atoms with Gasteiger partial charge in [-0.2, -0.15) is 4.98 Å². The molecule has 0 unspecified atom stereocenters. The molecule has 20 heavy (non-hydrogen) atoms. The molecule has 2 rings (SSSR count). The van der Waals surface area contributed by atoms with Crippen LogP contribution in [0.3, 0.4) is 0 Å². The lowest BCUT2D eigenvalue weighted by atomic mass is 10.2. The fourth-order valence-corrected chi connectivity index (χ4v) is 1.25. The lowest BCUT2D eigenvalue weighted by Gasteiger charge is -2.16. The molecule has 112 valence electrons. The van der Waals surface area contributed by atoms with E-state index < -0.39 is 62.8 Å². The van der Waals surface area contributed by atoms with Gasteiger partial charge in [-0.1, -0.05) is 0 Å². The van der Waals surface area contributed by atoms with Gasteiger partial charge in [0.25, 0.3) is 0 Å². The van der Waals surface area contributed by atoms with E-state index in [4.69, 9.17) is 26.4 Å². The molecule has 1 aliphatic rings. The van der Waals surface area contributed by atoms with Crippen LogP contribution in [0.5, 0.6) is 0 Å². The standard InChI is InChI=1S/C9H14N3O7P/c10-7-1-2-12(9(14)11-7)8-3-5(13)6(19-8)4-18-20(15,16)17/h1-2,5-6,8,13H,3-4H2,(H2,10,11,14)(H2,15,16,17)/t5-,6+,8+/m0/s1/i1D,2D,3D2,4D2,5D,6D,8D,13D/hD2. The number of nitrogen functional groups attached to an aromatic ring is 1. The molecule has 0 radical (unpaired) electrons. The topological polar surface area (TPSA) is 157 Å². The highest BCUT2D eigenvalue weighted by atomic mass is 31.2. The quantitative estimate of drug-likeness (QED) is 0.462. The molecule has 0 bridgehead atoms. The van der Waals surface area contributed by atoms with Gasteiger partial charge >= 0.3 is 13.5 Å². The highest BCUT2D eigenvalue weighted by Crippen LogP contribution is 2.38. The van der Waals surface area contributed by atoms with Crippen LogP contribution in [-0.4, -0.2) is 44.6 Å². The average Bonchev–Trinajstić information content (AvgIpc) is 2.72. The van der Waals surface area contributed by atoms with Crippen LogP contribution in [0.1, 0.15) is 24.9 Å². The van der Waals surface area contributed by atoms with Crippen LogP contribution in [0.25, 0.3) is 0 Å². The zero-order chi connectivity index (χ0) is 25.3. The van der Waals surface area contributed by atoms with Crippen LogP contribution >= 0.6 is 7.82 Å². The van der Waals surface area contributed by atoms with E-state index in [2.05, 4.69) is 19.4 Å². The highest BCUT2D eigenvalue weighted by Gasteiger charge is 2.36. The van der Waals surface area contributed by atoms with Gasteiger partial charge in [0, 0.05) is 15.3 Å². The maximum absolute atomic E-state index is 12.4. The molecule has 5 N–H and O–H groups in total. The number of aliphatic hydroxyl groups is 1. The van der Waals surface area contributed by atoms with E-state index in [-0.39, 0.29) is 10.3 Å². The number of phosphoric acid groups is 1. The van der Waals surface area contributed by atoms with Crippen molar-refractivity contribution >= 4 is 13.6 Å². The fourth-order valence-electron chi connectivity index (χ4n) is 1.05. The zero-order valence-corrected chi connectivity index (χ0v) is 10.1. The van der Waals surface area contributed by atoms with Crippen molar-refractivity contribution in [2.45, 2.75) is 24.7 Å². The molecular formula is C9H14N3O7P. The Morgan fingerprint density at radius 2 is 2.75 bits per heavy atom. The maximum Gasteiger partial charge on any atom is 0.469 e. The fraction of sp³-hybridized carbons (Fsp3) is 0.556. The van der Waals surface area contributed by atoms with Crippen molar-refractivity contribution in [3.8, 4) is 0 Å². The molecule has 11 heteroatoms. The molecular weight excluding hydrogens is 293 g/mol. The minimum Gasteiger partial charge on any atom is -0.390 e. The molecule has 1 aromatic heterocycles. The van der Waals surface area contributed by atoms with Gasteiger partial charge in [-0.05, 0) is 6.04 Å². The lowest BCUT2D eigenvalue weighted by Crippen LogP contribution is -2.28. The Kier molecular flexibility index (Phi) is 1.63.